The van der Waals surface area contributed by atoms with E-state index in [2.05, 4.69) is 16.0 Å². The van der Waals surface area contributed by atoms with Crippen LogP contribution in [0.4, 0.5) is 4.79 Å². The van der Waals surface area contributed by atoms with Crippen molar-refractivity contribution in [3.63, 3.8) is 0 Å². The van der Waals surface area contributed by atoms with E-state index in [1.165, 1.54) is 0 Å². The van der Waals surface area contributed by atoms with Crippen LogP contribution in [0.2, 0.25) is 5.02 Å². The summed E-state index contributed by atoms with van der Waals surface area (Å²) >= 11 is 5.91. The van der Waals surface area contributed by atoms with Crippen LogP contribution in [-0.4, -0.2) is 31.2 Å². The number of halogens is 1. The Bertz CT molecular complexity index is 658. The highest BCUT2D eigenvalue weighted by Gasteiger charge is 2.31. The largest absolute Gasteiger partial charge is 0.463 e. The Morgan fingerprint density at radius 2 is 2.00 bits per heavy atom. The third-order valence-electron chi connectivity index (χ3n) is 4.10. The van der Waals surface area contributed by atoms with Gasteiger partial charge >= 0.3 is 12.0 Å². The summed E-state index contributed by atoms with van der Waals surface area (Å²) in [6.07, 6.45) is 0.609. The Morgan fingerprint density at radius 1 is 1.32 bits per heavy atom. The molecule has 25 heavy (non-hydrogen) atoms. The lowest BCUT2D eigenvalue weighted by atomic mass is 10.00. The molecule has 0 saturated carbocycles. The van der Waals surface area contributed by atoms with E-state index in [9.17, 15) is 9.59 Å². The summed E-state index contributed by atoms with van der Waals surface area (Å²) in [7, 11) is 0. The average molecular weight is 366 g/mol. The van der Waals surface area contributed by atoms with Crippen molar-refractivity contribution in [1.29, 1.82) is 0 Å². The number of benzene rings is 1. The molecule has 1 heterocycles. The number of nitrogens with one attached hydrogen (secondary N) is 3. The topological polar surface area (TPSA) is 79.5 Å². The first-order valence-electron chi connectivity index (χ1n) is 8.42. The minimum absolute atomic E-state index is 0.0278. The van der Waals surface area contributed by atoms with Gasteiger partial charge in [-0.1, -0.05) is 30.7 Å². The number of hydrogen-bond donors (Lipinski definition) is 3. The molecule has 1 aromatic carbocycles. The molecule has 1 aliphatic heterocycles. The number of amides is 2. The Hall–Kier alpha value is -2.05. The van der Waals surface area contributed by atoms with E-state index in [1.807, 2.05) is 38.1 Å². The smallest absolute Gasteiger partial charge is 0.337 e. The maximum Gasteiger partial charge on any atom is 0.337 e. The fourth-order valence-electron chi connectivity index (χ4n) is 2.73. The molecule has 0 saturated heterocycles. The van der Waals surface area contributed by atoms with Gasteiger partial charge in [-0.2, -0.15) is 0 Å². The summed E-state index contributed by atoms with van der Waals surface area (Å²) in [5.74, 6) is -0.405. The number of esters is 1. The van der Waals surface area contributed by atoms with Gasteiger partial charge in [-0.15, -0.1) is 0 Å². The molecule has 1 aliphatic rings. The third kappa shape index (κ3) is 4.96. The SMILES string of the molecule is CCOC(=O)C1=C(CN[C@@H](C)c2ccc(Cl)cc2)NC(=O)N[C@@H]1CC. The molecule has 7 heteroatoms. The molecule has 136 valence electrons. The summed E-state index contributed by atoms with van der Waals surface area (Å²) < 4.78 is 5.15. The van der Waals surface area contributed by atoms with E-state index in [-0.39, 0.29) is 24.7 Å². The lowest BCUT2D eigenvalue weighted by Gasteiger charge is -2.29. The number of rotatable bonds is 7. The molecule has 2 amide bonds. The second kappa shape index (κ2) is 8.87. The first-order chi connectivity index (χ1) is 12.0. The number of urea groups is 1. The summed E-state index contributed by atoms with van der Waals surface area (Å²) in [4.78, 5) is 24.2. The highest BCUT2D eigenvalue weighted by Crippen LogP contribution is 2.19. The fourth-order valence-corrected chi connectivity index (χ4v) is 2.85. The van der Waals surface area contributed by atoms with Crippen molar-refractivity contribution in [2.24, 2.45) is 0 Å². The summed E-state index contributed by atoms with van der Waals surface area (Å²) in [5.41, 5.74) is 2.09. The maximum atomic E-state index is 12.3. The Labute approximate surface area is 153 Å². The van der Waals surface area contributed by atoms with Crippen LogP contribution in [0.25, 0.3) is 0 Å². The van der Waals surface area contributed by atoms with E-state index in [0.717, 1.165) is 5.56 Å². The monoisotopic (exact) mass is 365 g/mol. The first-order valence-corrected chi connectivity index (χ1v) is 8.80. The van der Waals surface area contributed by atoms with E-state index < -0.39 is 5.97 Å². The molecule has 1 aromatic rings. The predicted octanol–water partition coefficient (Wildman–Crippen LogP) is 2.90. The van der Waals surface area contributed by atoms with Gasteiger partial charge < -0.3 is 20.7 Å². The van der Waals surface area contributed by atoms with Crippen LogP contribution in [0.1, 0.15) is 38.8 Å². The number of hydrogen-bond acceptors (Lipinski definition) is 4. The van der Waals surface area contributed by atoms with Gasteiger partial charge in [-0.05, 0) is 38.0 Å². The Balaban J connectivity index is 2.17. The zero-order valence-corrected chi connectivity index (χ0v) is 15.4. The second-order valence-corrected chi connectivity index (χ2v) is 6.26. The van der Waals surface area contributed by atoms with Crippen LogP contribution >= 0.6 is 11.6 Å². The molecular weight excluding hydrogens is 342 g/mol. The molecule has 0 bridgehead atoms. The minimum atomic E-state index is -0.405. The van der Waals surface area contributed by atoms with Gasteiger partial charge in [-0.3, -0.25) is 0 Å². The van der Waals surface area contributed by atoms with Gasteiger partial charge in [-0.25, -0.2) is 9.59 Å². The molecule has 2 rings (SSSR count). The van der Waals surface area contributed by atoms with E-state index in [1.54, 1.807) is 6.92 Å². The number of carbonyl (C=O) groups excluding carboxylic acids is 2. The zero-order chi connectivity index (χ0) is 18.4. The standard InChI is InChI=1S/C18H24ClN3O3/c1-4-14-16(17(23)25-5-2)15(22-18(24)21-14)10-20-11(3)12-6-8-13(19)9-7-12/h6-9,11,14,20H,4-5,10H2,1-3H3,(H2,21,22,24)/t11-,14+/m0/s1. The molecule has 0 aromatic heterocycles. The lowest BCUT2D eigenvalue weighted by molar-refractivity contribution is -0.139. The second-order valence-electron chi connectivity index (χ2n) is 5.83. The molecule has 0 aliphatic carbocycles. The summed E-state index contributed by atoms with van der Waals surface area (Å²) in [6.45, 7) is 6.32. The average Bonchev–Trinajstić information content (AvgIpc) is 2.59. The summed E-state index contributed by atoms with van der Waals surface area (Å²) in [6, 6.07) is 6.91. The van der Waals surface area contributed by atoms with Crippen molar-refractivity contribution in [2.75, 3.05) is 13.2 Å². The van der Waals surface area contributed by atoms with Crippen molar-refractivity contribution >= 4 is 23.6 Å². The molecular formula is C18H24ClN3O3. The lowest BCUT2D eigenvalue weighted by Crippen LogP contribution is -2.51. The highest BCUT2D eigenvalue weighted by molar-refractivity contribution is 6.30. The van der Waals surface area contributed by atoms with Crippen LogP contribution in [0.3, 0.4) is 0 Å². The van der Waals surface area contributed by atoms with Gasteiger partial charge in [0.2, 0.25) is 0 Å². The van der Waals surface area contributed by atoms with Gasteiger partial charge in [0.25, 0.3) is 0 Å². The van der Waals surface area contributed by atoms with Gasteiger partial charge in [0.15, 0.2) is 0 Å². The number of ether oxygens (including phenoxy) is 1. The Morgan fingerprint density at radius 3 is 2.60 bits per heavy atom. The van der Waals surface area contributed by atoms with E-state index in [0.29, 0.717) is 29.3 Å². The van der Waals surface area contributed by atoms with Crippen molar-refractivity contribution in [3.05, 3.63) is 46.1 Å². The Kier molecular flexibility index (Phi) is 6.84. The maximum absolute atomic E-state index is 12.3. The molecule has 0 radical (unpaired) electrons. The predicted molar refractivity (Wildman–Crippen MR) is 97.3 cm³/mol. The van der Waals surface area contributed by atoms with Crippen LogP contribution in [-0.2, 0) is 9.53 Å². The van der Waals surface area contributed by atoms with Crippen molar-refractivity contribution < 1.29 is 14.3 Å². The molecule has 0 fully saturated rings. The highest BCUT2D eigenvalue weighted by atomic mass is 35.5. The molecule has 0 spiro atoms. The van der Waals surface area contributed by atoms with Gasteiger partial charge in [0, 0.05) is 23.3 Å². The zero-order valence-electron chi connectivity index (χ0n) is 14.7. The van der Waals surface area contributed by atoms with Gasteiger partial charge in [0.1, 0.15) is 0 Å². The van der Waals surface area contributed by atoms with Crippen LogP contribution < -0.4 is 16.0 Å². The minimum Gasteiger partial charge on any atom is -0.463 e. The number of carbonyl (C=O) groups is 2. The van der Waals surface area contributed by atoms with Crippen molar-refractivity contribution in [2.45, 2.75) is 39.3 Å². The van der Waals surface area contributed by atoms with E-state index >= 15 is 0 Å². The molecule has 6 nitrogen and oxygen atoms in total. The molecule has 3 N–H and O–H groups in total. The first kappa shape index (κ1) is 19.3. The fraction of sp³-hybridized carbons (Fsp3) is 0.444. The summed E-state index contributed by atoms with van der Waals surface area (Å²) in [5, 5.41) is 9.50. The van der Waals surface area contributed by atoms with Crippen molar-refractivity contribution in [1.82, 2.24) is 16.0 Å². The van der Waals surface area contributed by atoms with Crippen LogP contribution in [0.5, 0.6) is 0 Å². The molecule has 2 atom stereocenters. The normalized spacial score (nSPS) is 18.4. The van der Waals surface area contributed by atoms with Crippen LogP contribution in [0.15, 0.2) is 35.5 Å². The van der Waals surface area contributed by atoms with Crippen LogP contribution in [0, 0.1) is 0 Å². The quantitative estimate of drug-likeness (QED) is 0.649. The van der Waals surface area contributed by atoms with Crippen molar-refractivity contribution in [3.8, 4) is 0 Å². The van der Waals surface area contributed by atoms with Gasteiger partial charge in [0.05, 0.1) is 18.2 Å². The molecule has 0 unspecified atom stereocenters. The van der Waals surface area contributed by atoms with E-state index in [4.69, 9.17) is 16.3 Å². The third-order valence-corrected chi connectivity index (χ3v) is 4.35.